The topological polar surface area (TPSA) is 46.5 Å². The van der Waals surface area contributed by atoms with Gasteiger partial charge in [-0.2, -0.15) is 0 Å². The summed E-state index contributed by atoms with van der Waals surface area (Å²) in [5.41, 5.74) is 0. The van der Waals surface area contributed by atoms with Gasteiger partial charge in [0.05, 0.1) is 0 Å². The molecular weight excluding hydrogens is 151 g/mol. The molecule has 0 aromatic rings. The van der Waals surface area contributed by atoms with Crippen LogP contribution in [0.5, 0.6) is 0 Å². The minimum absolute atomic E-state index is 0.605. The molecule has 10 heavy (non-hydrogen) atoms. The van der Waals surface area contributed by atoms with Crippen LogP contribution in [0.1, 0.15) is 26.7 Å². The average molecular weight is 164 g/mol. The summed E-state index contributed by atoms with van der Waals surface area (Å²) in [4.78, 5) is 8.36. The third-order valence-corrected chi connectivity index (χ3v) is 1.44. The zero-order valence-electron chi connectivity index (χ0n) is 6.26. The zero-order chi connectivity index (χ0) is 7.98. The molecule has 60 valence electrons. The molecule has 1 unspecified atom stereocenters. The predicted molar refractivity (Wildman–Crippen MR) is 41.0 cm³/mol. The molecule has 0 saturated heterocycles. The summed E-state index contributed by atoms with van der Waals surface area (Å²) in [6.07, 6.45) is 3.31. The lowest BCUT2D eigenvalue weighted by Gasteiger charge is -2.02. The van der Waals surface area contributed by atoms with Gasteiger partial charge in [0.15, 0.2) is 0 Å². The van der Waals surface area contributed by atoms with Crippen LogP contribution in [0.25, 0.3) is 0 Å². The van der Waals surface area contributed by atoms with E-state index in [0.29, 0.717) is 12.2 Å². The molecule has 0 saturated carbocycles. The van der Waals surface area contributed by atoms with Crippen molar-refractivity contribution < 1.29 is 14.0 Å². The summed E-state index contributed by atoms with van der Waals surface area (Å²) in [6.45, 7) is 3.83. The van der Waals surface area contributed by atoms with Gasteiger partial charge in [0.25, 0.3) is 0 Å². The summed E-state index contributed by atoms with van der Waals surface area (Å²) in [7, 11) is -2.79. The Kier molecular flexibility index (Phi) is 5.36. The zero-order valence-corrected chi connectivity index (χ0v) is 7.26. The molecule has 0 bridgehead atoms. The highest BCUT2D eigenvalue weighted by atomic mass is 31.1. The van der Waals surface area contributed by atoms with Crippen molar-refractivity contribution in [3.05, 3.63) is 11.8 Å². The normalized spacial score (nSPS) is 14.9. The van der Waals surface area contributed by atoms with E-state index < -0.39 is 8.25 Å². The van der Waals surface area contributed by atoms with Crippen molar-refractivity contribution in [2.24, 2.45) is 0 Å². The highest BCUT2D eigenvalue weighted by Gasteiger charge is 1.95. The van der Waals surface area contributed by atoms with Gasteiger partial charge in [-0.15, -0.1) is 0 Å². The SMILES string of the molecule is CCC=C(CC)O[PH](=O)O. The van der Waals surface area contributed by atoms with Crippen LogP contribution in [0.15, 0.2) is 11.8 Å². The van der Waals surface area contributed by atoms with E-state index in [1.807, 2.05) is 13.8 Å². The van der Waals surface area contributed by atoms with Crippen molar-refractivity contribution in [1.82, 2.24) is 0 Å². The average Bonchev–Trinajstić information content (AvgIpc) is 1.86. The van der Waals surface area contributed by atoms with E-state index in [-0.39, 0.29) is 0 Å². The molecule has 0 aliphatic rings. The van der Waals surface area contributed by atoms with Crippen molar-refractivity contribution in [3.63, 3.8) is 0 Å². The maximum Gasteiger partial charge on any atom is 0.364 e. The van der Waals surface area contributed by atoms with Crippen LogP contribution in [-0.4, -0.2) is 4.89 Å². The molecule has 0 heterocycles. The number of hydrogen-bond donors (Lipinski definition) is 1. The van der Waals surface area contributed by atoms with Gasteiger partial charge < -0.3 is 9.42 Å². The Morgan fingerprint density at radius 2 is 2.30 bits per heavy atom. The van der Waals surface area contributed by atoms with Crippen molar-refractivity contribution in [1.29, 1.82) is 0 Å². The maximum absolute atomic E-state index is 10.2. The summed E-state index contributed by atoms with van der Waals surface area (Å²) in [5, 5.41) is 0. The van der Waals surface area contributed by atoms with E-state index in [4.69, 9.17) is 4.89 Å². The minimum atomic E-state index is -2.79. The van der Waals surface area contributed by atoms with E-state index >= 15 is 0 Å². The number of hydrogen-bond acceptors (Lipinski definition) is 2. The second-order valence-corrected chi connectivity index (χ2v) is 2.54. The fourth-order valence-electron chi connectivity index (χ4n) is 0.598. The molecule has 1 atom stereocenters. The van der Waals surface area contributed by atoms with E-state index in [0.717, 1.165) is 6.42 Å². The van der Waals surface area contributed by atoms with Crippen LogP contribution in [0.2, 0.25) is 0 Å². The van der Waals surface area contributed by atoms with Gasteiger partial charge >= 0.3 is 8.25 Å². The Morgan fingerprint density at radius 3 is 2.60 bits per heavy atom. The van der Waals surface area contributed by atoms with Crippen LogP contribution in [0.3, 0.4) is 0 Å². The Morgan fingerprint density at radius 1 is 1.70 bits per heavy atom. The van der Waals surface area contributed by atoms with Crippen molar-refractivity contribution >= 4 is 8.25 Å². The van der Waals surface area contributed by atoms with E-state index in [9.17, 15) is 4.57 Å². The largest absolute Gasteiger partial charge is 0.431 e. The Balaban J connectivity index is 3.83. The Hall–Kier alpha value is -0.270. The highest BCUT2D eigenvalue weighted by Crippen LogP contribution is 2.22. The first-order valence-corrected chi connectivity index (χ1v) is 4.56. The van der Waals surface area contributed by atoms with Gasteiger partial charge in [-0.1, -0.05) is 13.8 Å². The van der Waals surface area contributed by atoms with Crippen LogP contribution in [0.4, 0.5) is 0 Å². The smallest absolute Gasteiger partial charge is 0.364 e. The van der Waals surface area contributed by atoms with Crippen LogP contribution < -0.4 is 0 Å². The summed E-state index contributed by atoms with van der Waals surface area (Å²) in [6, 6.07) is 0. The van der Waals surface area contributed by atoms with Gasteiger partial charge in [-0.05, 0) is 12.5 Å². The first-order chi connectivity index (χ1) is 4.70. The summed E-state index contributed by atoms with van der Waals surface area (Å²) >= 11 is 0. The lowest BCUT2D eigenvalue weighted by atomic mass is 10.3. The quantitative estimate of drug-likeness (QED) is 0.511. The van der Waals surface area contributed by atoms with Gasteiger partial charge in [0.1, 0.15) is 5.76 Å². The minimum Gasteiger partial charge on any atom is -0.431 e. The maximum atomic E-state index is 10.2. The molecule has 0 rings (SSSR count). The third kappa shape index (κ3) is 4.59. The molecule has 4 heteroatoms. The summed E-state index contributed by atoms with van der Waals surface area (Å²) in [5.74, 6) is 0.605. The second kappa shape index (κ2) is 5.51. The van der Waals surface area contributed by atoms with Crippen molar-refractivity contribution in [2.75, 3.05) is 0 Å². The third-order valence-electron chi connectivity index (χ3n) is 0.999. The monoisotopic (exact) mass is 164 g/mol. The molecule has 0 aliphatic carbocycles. The van der Waals surface area contributed by atoms with Crippen LogP contribution >= 0.6 is 8.25 Å². The molecule has 0 aromatic heterocycles. The van der Waals surface area contributed by atoms with Crippen molar-refractivity contribution in [3.8, 4) is 0 Å². The lowest BCUT2D eigenvalue weighted by Crippen LogP contribution is -1.80. The van der Waals surface area contributed by atoms with Crippen LogP contribution in [-0.2, 0) is 9.09 Å². The second-order valence-electron chi connectivity index (χ2n) is 1.80. The van der Waals surface area contributed by atoms with E-state index in [1.54, 1.807) is 6.08 Å². The molecule has 0 aliphatic heterocycles. The molecule has 0 spiro atoms. The first kappa shape index (κ1) is 9.73. The molecule has 3 nitrogen and oxygen atoms in total. The molecule has 0 fully saturated rings. The number of rotatable bonds is 4. The molecule has 1 N–H and O–H groups in total. The summed E-state index contributed by atoms with van der Waals surface area (Å²) < 4.78 is 14.8. The lowest BCUT2D eigenvalue weighted by molar-refractivity contribution is 0.342. The van der Waals surface area contributed by atoms with Gasteiger partial charge in [-0.25, -0.2) is 4.57 Å². The Bertz CT molecular complexity index is 142. The van der Waals surface area contributed by atoms with E-state index in [2.05, 4.69) is 4.52 Å². The van der Waals surface area contributed by atoms with Crippen LogP contribution in [0, 0.1) is 0 Å². The standard InChI is InChI=1S/C6H13O3P/c1-3-5-6(4-2)9-10(7)8/h5,10H,3-4H2,1-2H3,(H,7,8). The number of allylic oxidation sites excluding steroid dienone is 2. The molecule has 0 radical (unpaired) electrons. The fourth-order valence-corrected chi connectivity index (χ4v) is 1.05. The fraction of sp³-hybridized carbons (Fsp3) is 0.667. The van der Waals surface area contributed by atoms with E-state index in [1.165, 1.54) is 0 Å². The van der Waals surface area contributed by atoms with Gasteiger partial charge in [0.2, 0.25) is 0 Å². The molecule has 0 aromatic carbocycles. The molecular formula is C6H13O3P. The highest BCUT2D eigenvalue weighted by molar-refractivity contribution is 7.32. The molecule has 0 amide bonds. The van der Waals surface area contributed by atoms with Crippen molar-refractivity contribution in [2.45, 2.75) is 26.7 Å². The first-order valence-electron chi connectivity index (χ1n) is 3.30. The van der Waals surface area contributed by atoms with Gasteiger partial charge in [-0.3, -0.25) is 0 Å². The predicted octanol–water partition coefficient (Wildman–Crippen LogP) is 2.09. The van der Waals surface area contributed by atoms with Gasteiger partial charge in [0, 0.05) is 6.42 Å². The Labute approximate surface area is 61.7 Å².